The maximum atomic E-state index is 6.73. The van der Waals surface area contributed by atoms with Gasteiger partial charge in [0.05, 0.1) is 34.2 Å². The average Bonchev–Trinajstić information content (AvgIpc) is 2.98. The third kappa shape index (κ3) is 14.6. The summed E-state index contributed by atoms with van der Waals surface area (Å²) >= 11 is 6.73. The molecule has 2 aromatic carbocycles. The summed E-state index contributed by atoms with van der Waals surface area (Å²) in [5.41, 5.74) is 13.6. The maximum absolute atomic E-state index is 6.73. The van der Waals surface area contributed by atoms with Gasteiger partial charge in [-0.25, -0.2) is 4.98 Å². The minimum Gasteiger partial charge on any atom is -1.00 e. The molecule has 0 radical (unpaired) electrons. The smallest absolute Gasteiger partial charge is 1.00 e. The number of aliphatic imine (C=N–C) groups is 2. The van der Waals surface area contributed by atoms with Crippen molar-refractivity contribution in [3.63, 3.8) is 0 Å². The third-order valence-corrected chi connectivity index (χ3v) is 8.33. The monoisotopic (exact) mass is 755 g/mol. The zero-order valence-electron chi connectivity index (χ0n) is 29.8. The van der Waals surface area contributed by atoms with Crippen LogP contribution in [0, 0.1) is 13.8 Å². The van der Waals surface area contributed by atoms with Gasteiger partial charge < -0.3 is 37.2 Å². The van der Waals surface area contributed by atoms with Crippen LogP contribution < -0.4 is 37.2 Å². The van der Waals surface area contributed by atoms with E-state index in [1.54, 1.807) is 0 Å². The van der Waals surface area contributed by atoms with Gasteiger partial charge in [-0.2, -0.15) is 0 Å². The van der Waals surface area contributed by atoms with Gasteiger partial charge in [-0.15, -0.1) is 0 Å². The number of benzene rings is 2. The molecule has 0 aliphatic rings. The van der Waals surface area contributed by atoms with Crippen LogP contribution in [-0.4, -0.2) is 16.4 Å². The first kappa shape index (κ1) is 47.8. The Balaban J connectivity index is 0. The van der Waals surface area contributed by atoms with Crippen LogP contribution in [0.4, 0.5) is 11.4 Å². The van der Waals surface area contributed by atoms with Crippen LogP contribution in [0.15, 0.2) is 46.4 Å². The summed E-state index contributed by atoms with van der Waals surface area (Å²) in [5, 5.41) is 0.659. The Bertz CT molecular complexity index is 1270. The van der Waals surface area contributed by atoms with Crippen molar-refractivity contribution >= 4 is 34.4 Å². The molecular weight excluding hydrogens is 703 g/mol. The van der Waals surface area contributed by atoms with Crippen molar-refractivity contribution in [3.8, 4) is 0 Å². The molecule has 47 heavy (non-hydrogen) atoms. The molecule has 8 heteroatoms. The number of pyridine rings is 1. The Morgan fingerprint density at radius 1 is 0.553 bits per heavy atom. The topological polar surface area (TPSA) is 37.6 Å². The van der Waals surface area contributed by atoms with E-state index in [0.717, 1.165) is 85.6 Å². The Hall–Kier alpha value is -1.33. The predicted molar refractivity (Wildman–Crippen MR) is 190 cm³/mol. The summed E-state index contributed by atoms with van der Waals surface area (Å²) < 4.78 is 0. The molecule has 0 bridgehead atoms. The molecule has 0 fully saturated rings. The quantitative estimate of drug-likeness (QED) is 0.208. The van der Waals surface area contributed by atoms with Gasteiger partial charge in [0.1, 0.15) is 0 Å². The number of aromatic nitrogens is 1. The van der Waals surface area contributed by atoms with Gasteiger partial charge in [0.15, 0.2) is 0 Å². The van der Waals surface area contributed by atoms with Crippen molar-refractivity contribution in [2.24, 2.45) is 9.98 Å². The van der Waals surface area contributed by atoms with Gasteiger partial charge >= 0.3 is 18.6 Å². The van der Waals surface area contributed by atoms with Gasteiger partial charge in [0, 0.05) is 5.02 Å². The number of nitrogens with zero attached hydrogens (tertiary/aromatic N) is 3. The van der Waals surface area contributed by atoms with Crippen molar-refractivity contribution in [3.05, 3.63) is 86.2 Å². The van der Waals surface area contributed by atoms with E-state index < -0.39 is 0 Å². The van der Waals surface area contributed by atoms with Crippen LogP contribution in [0.2, 0.25) is 5.02 Å². The summed E-state index contributed by atoms with van der Waals surface area (Å²) in [4.78, 5) is 15.6. The number of hydrogen-bond acceptors (Lipinski definition) is 3. The van der Waals surface area contributed by atoms with Crippen molar-refractivity contribution in [2.45, 2.75) is 132 Å². The van der Waals surface area contributed by atoms with E-state index in [4.69, 9.17) is 26.6 Å². The summed E-state index contributed by atoms with van der Waals surface area (Å²) in [5.74, 6) is 0. The van der Waals surface area contributed by atoms with Crippen LogP contribution in [0.5, 0.6) is 0 Å². The van der Waals surface area contributed by atoms with Crippen molar-refractivity contribution < 1.29 is 55.8 Å². The van der Waals surface area contributed by atoms with E-state index in [2.05, 4.69) is 79.7 Å². The molecule has 0 saturated heterocycles. The van der Waals surface area contributed by atoms with E-state index in [-0.39, 0.29) is 55.8 Å². The first-order valence-electron chi connectivity index (χ1n) is 16.7. The second kappa shape index (κ2) is 24.8. The standard InChI is InChI=1S/C39H54ClN3.3ClH.V/c1-9-13-17-31-21-27(5)22-32(18-14-10-2)38(31)41-29(7)36-25-35(40)26-37(43-36)30(8)42-39-33(19-15-11-3)23-28(6)24-34(39)20-16-12-4;;;;/h21-26H,9-20H2,1-8H3;3*1H;/q;;;;+3/p-3. The Labute approximate surface area is 321 Å². The molecule has 0 spiro atoms. The Kier molecular flexibility index (Phi) is 25.2. The first-order valence-corrected chi connectivity index (χ1v) is 17.1. The number of hydrogen-bond donors (Lipinski definition) is 0. The molecule has 0 aliphatic heterocycles. The molecule has 0 unspecified atom stereocenters. The molecule has 1 heterocycles. The number of aryl methyl sites for hydroxylation is 6. The second-order valence-electron chi connectivity index (χ2n) is 12.2. The molecular formula is C39H54Cl4N3V. The summed E-state index contributed by atoms with van der Waals surface area (Å²) in [6.07, 6.45) is 13.5. The van der Waals surface area contributed by atoms with Crippen molar-refractivity contribution in [2.75, 3.05) is 0 Å². The molecule has 258 valence electrons. The molecule has 0 amide bonds. The molecule has 3 aromatic rings. The van der Waals surface area contributed by atoms with E-state index in [0.29, 0.717) is 5.02 Å². The Morgan fingerprint density at radius 2 is 0.830 bits per heavy atom. The molecule has 0 N–H and O–H groups in total. The van der Waals surface area contributed by atoms with Crippen LogP contribution in [0.1, 0.15) is 138 Å². The molecule has 0 saturated carbocycles. The van der Waals surface area contributed by atoms with Crippen LogP contribution in [-0.2, 0) is 44.2 Å². The molecule has 1 aromatic heterocycles. The number of halogens is 4. The zero-order chi connectivity index (χ0) is 31.4. The first-order chi connectivity index (χ1) is 20.7. The molecule has 0 atom stereocenters. The number of unbranched alkanes of at least 4 members (excludes halogenated alkanes) is 4. The summed E-state index contributed by atoms with van der Waals surface area (Å²) in [7, 11) is 0. The normalized spacial score (nSPS) is 11.3. The summed E-state index contributed by atoms with van der Waals surface area (Å²) in [6, 6.07) is 13.1. The Morgan fingerprint density at radius 3 is 1.09 bits per heavy atom. The fourth-order valence-electron chi connectivity index (χ4n) is 5.70. The van der Waals surface area contributed by atoms with Gasteiger partial charge in [0.25, 0.3) is 0 Å². The fraction of sp³-hybridized carbons (Fsp3) is 0.513. The largest absolute Gasteiger partial charge is 3.00 e. The van der Waals surface area contributed by atoms with Gasteiger partial charge in [-0.3, -0.25) is 9.98 Å². The van der Waals surface area contributed by atoms with Crippen LogP contribution in [0.25, 0.3) is 0 Å². The summed E-state index contributed by atoms with van der Waals surface area (Å²) in [6.45, 7) is 17.5. The van der Waals surface area contributed by atoms with E-state index >= 15 is 0 Å². The van der Waals surface area contributed by atoms with Gasteiger partial charge in [-0.05, 0) is 113 Å². The zero-order valence-corrected chi connectivity index (χ0v) is 34.2. The SMILES string of the molecule is CCCCc1cc(C)cc(CCCC)c1N=C(C)c1cc(Cl)cc(C(C)=Nc2c(CCCC)cc(C)cc2CCCC)n1.[Cl-].[Cl-].[Cl-].[V+3]. The van der Waals surface area contributed by atoms with Gasteiger partial charge in [0.2, 0.25) is 0 Å². The molecule has 3 rings (SSSR count). The van der Waals surface area contributed by atoms with E-state index in [1.165, 1.54) is 59.1 Å². The van der Waals surface area contributed by atoms with Gasteiger partial charge in [-0.1, -0.05) is 100 Å². The second-order valence-corrected chi connectivity index (χ2v) is 12.7. The minimum absolute atomic E-state index is 0. The number of rotatable bonds is 16. The molecule has 0 aliphatic carbocycles. The van der Waals surface area contributed by atoms with Crippen molar-refractivity contribution in [1.29, 1.82) is 0 Å². The van der Waals surface area contributed by atoms with E-state index in [1.807, 2.05) is 12.1 Å². The third-order valence-electron chi connectivity index (χ3n) is 8.11. The minimum atomic E-state index is 0. The predicted octanol–water partition coefficient (Wildman–Crippen LogP) is 3.01. The molecule has 3 nitrogen and oxygen atoms in total. The fourth-order valence-corrected chi connectivity index (χ4v) is 5.91. The maximum Gasteiger partial charge on any atom is 3.00 e. The van der Waals surface area contributed by atoms with E-state index in [9.17, 15) is 0 Å². The van der Waals surface area contributed by atoms with Crippen molar-refractivity contribution in [1.82, 2.24) is 4.98 Å². The van der Waals surface area contributed by atoms with Crippen LogP contribution in [0.3, 0.4) is 0 Å². The average molecular weight is 758 g/mol. The van der Waals surface area contributed by atoms with Crippen LogP contribution >= 0.6 is 11.6 Å².